The van der Waals surface area contributed by atoms with Crippen molar-refractivity contribution in [3.63, 3.8) is 0 Å². The van der Waals surface area contributed by atoms with Crippen molar-refractivity contribution < 1.29 is 0 Å². The first kappa shape index (κ1) is 21.1. The summed E-state index contributed by atoms with van der Waals surface area (Å²) in [5.74, 6) is 3.15. The van der Waals surface area contributed by atoms with Crippen molar-refractivity contribution in [1.82, 2.24) is 39.9 Å². The monoisotopic (exact) mass is 460 g/mol. The maximum Gasteiger partial charge on any atom is 0.159 e. The van der Waals surface area contributed by atoms with Gasteiger partial charge in [0.2, 0.25) is 0 Å². The highest BCUT2D eigenvalue weighted by Gasteiger charge is 2.35. The molecule has 0 saturated carbocycles. The van der Waals surface area contributed by atoms with Gasteiger partial charge in [-0.3, -0.25) is 0 Å². The molecule has 6 rings (SSSR count). The van der Waals surface area contributed by atoms with Crippen molar-refractivity contribution in [3.8, 4) is 22.8 Å². The topological polar surface area (TPSA) is 109 Å². The van der Waals surface area contributed by atoms with Gasteiger partial charge in [-0.25, -0.2) is 29.9 Å². The van der Waals surface area contributed by atoms with E-state index in [-0.39, 0.29) is 0 Å². The van der Waals surface area contributed by atoms with Crippen molar-refractivity contribution in [2.75, 3.05) is 0 Å². The zero-order valence-electron chi connectivity index (χ0n) is 19.5. The summed E-state index contributed by atoms with van der Waals surface area (Å²) in [5.41, 5.74) is 5.19. The minimum absolute atomic E-state index is 0.417. The molecule has 8 nitrogen and oxygen atoms in total. The number of nitrogens with one attached hydrogen (secondary N) is 2. The largest absolute Gasteiger partial charge is 0.341 e. The summed E-state index contributed by atoms with van der Waals surface area (Å²) in [7, 11) is 0. The van der Waals surface area contributed by atoms with E-state index in [0.717, 1.165) is 57.7 Å². The normalized spacial score (nSPS) is 11.9. The molecule has 2 aromatic carbocycles. The van der Waals surface area contributed by atoms with Crippen molar-refractivity contribution in [3.05, 3.63) is 85.0 Å². The summed E-state index contributed by atoms with van der Waals surface area (Å²) >= 11 is 0. The van der Waals surface area contributed by atoms with Crippen LogP contribution in [0, 0.1) is 0 Å². The number of aromatic amines is 2. The Kier molecular flexibility index (Phi) is 5.06. The third kappa shape index (κ3) is 3.73. The van der Waals surface area contributed by atoms with Crippen LogP contribution in [0.25, 0.3) is 44.8 Å². The van der Waals surface area contributed by atoms with Crippen LogP contribution in [0.2, 0.25) is 0 Å². The highest BCUT2D eigenvalue weighted by Crippen LogP contribution is 2.36. The van der Waals surface area contributed by atoms with Gasteiger partial charge in [0.05, 0.1) is 27.5 Å². The fourth-order valence-electron chi connectivity index (χ4n) is 4.57. The summed E-state index contributed by atoms with van der Waals surface area (Å²) < 4.78 is 0. The molecule has 8 heteroatoms. The summed E-state index contributed by atoms with van der Waals surface area (Å²) in [6.45, 7) is 4.37. The molecule has 0 atom stereocenters. The van der Waals surface area contributed by atoms with E-state index in [1.54, 1.807) is 24.8 Å². The number of imidazole rings is 2. The maximum absolute atomic E-state index is 4.97. The van der Waals surface area contributed by atoms with E-state index in [4.69, 9.17) is 9.97 Å². The Balaban J connectivity index is 1.42. The van der Waals surface area contributed by atoms with Gasteiger partial charge in [0.1, 0.15) is 11.6 Å². The molecule has 0 radical (unpaired) electrons. The van der Waals surface area contributed by atoms with Crippen LogP contribution in [0.15, 0.2) is 73.3 Å². The minimum Gasteiger partial charge on any atom is -0.341 e. The molecule has 2 N–H and O–H groups in total. The molecule has 0 fully saturated rings. The summed E-state index contributed by atoms with van der Waals surface area (Å²) in [4.78, 5) is 34.6. The molecule has 0 unspecified atom stereocenters. The fourth-order valence-corrected chi connectivity index (χ4v) is 4.57. The van der Waals surface area contributed by atoms with Gasteiger partial charge in [-0.05, 0) is 61.9 Å². The van der Waals surface area contributed by atoms with E-state index in [1.165, 1.54) is 0 Å². The number of fused-ring (bicyclic) bond motifs is 2. The average molecular weight is 461 g/mol. The second kappa shape index (κ2) is 8.39. The number of benzene rings is 2. The Morgan fingerprint density at radius 1 is 0.686 bits per heavy atom. The van der Waals surface area contributed by atoms with Gasteiger partial charge in [-0.1, -0.05) is 13.3 Å². The minimum atomic E-state index is -0.417. The second-order valence-electron chi connectivity index (χ2n) is 8.86. The van der Waals surface area contributed by atoms with Crippen LogP contribution >= 0.6 is 0 Å². The second-order valence-corrected chi connectivity index (χ2v) is 8.86. The first-order chi connectivity index (χ1) is 17.1. The number of hydrogen-bond acceptors (Lipinski definition) is 6. The fraction of sp³-hybridized carbons (Fsp3) is 0.185. The molecule has 0 spiro atoms. The van der Waals surface area contributed by atoms with Crippen LogP contribution in [0.4, 0.5) is 0 Å². The van der Waals surface area contributed by atoms with Crippen molar-refractivity contribution in [2.45, 2.75) is 32.1 Å². The average Bonchev–Trinajstić information content (AvgIpc) is 3.54. The smallest absolute Gasteiger partial charge is 0.159 e. The molecule has 4 heterocycles. The van der Waals surface area contributed by atoms with Crippen LogP contribution in [-0.2, 0) is 5.41 Å². The van der Waals surface area contributed by atoms with E-state index >= 15 is 0 Å². The van der Waals surface area contributed by atoms with E-state index in [0.29, 0.717) is 11.6 Å². The number of rotatable bonds is 6. The number of H-pyrrole nitrogens is 2. The lowest BCUT2D eigenvalue weighted by atomic mass is 9.84. The lowest BCUT2D eigenvalue weighted by molar-refractivity contribution is 0.464. The van der Waals surface area contributed by atoms with Gasteiger partial charge in [-0.2, -0.15) is 0 Å². The third-order valence-electron chi connectivity index (χ3n) is 6.41. The zero-order valence-corrected chi connectivity index (χ0v) is 19.5. The Labute approximate surface area is 202 Å². The highest BCUT2D eigenvalue weighted by molar-refractivity contribution is 5.82. The summed E-state index contributed by atoms with van der Waals surface area (Å²) in [5, 5.41) is 0. The Morgan fingerprint density at radius 2 is 1.14 bits per heavy atom. The lowest BCUT2D eigenvalue weighted by Gasteiger charge is -2.24. The van der Waals surface area contributed by atoms with Crippen LogP contribution in [0.1, 0.15) is 38.3 Å². The molecule has 6 aromatic rings. The Hall–Kier alpha value is -4.46. The number of aromatic nitrogens is 8. The molecule has 0 saturated heterocycles. The summed E-state index contributed by atoms with van der Waals surface area (Å²) in [6, 6.07) is 15.8. The first-order valence-electron chi connectivity index (χ1n) is 11.7. The van der Waals surface area contributed by atoms with Crippen LogP contribution in [0.3, 0.4) is 0 Å². The predicted molar refractivity (Wildman–Crippen MR) is 136 cm³/mol. The van der Waals surface area contributed by atoms with Crippen molar-refractivity contribution in [1.29, 1.82) is 0 Å². The maximum atomic E-state index is 4.97. The summed E-state index contributed by atoms with van der Waals surface area (Å²) in [6.07, 6.45) is 8.87. The Bertz CT molecular complexity index is 1500. The van der Waals surface area contributed by atoms with Gasteiger partial charge in [0, 0.05) is 35.9 Å². The van der Waals surface area contributed by atoms with Gasteiger partial charge in [0.25, 0.3) is 0 Å². The van der Waals surface area contributed by atoms with Gasteiger partial charge >= 0.3 is 0 Å². The SMILES string of the molecule is CCCC(C)(c1nc2ccc(-c3ncccn3)cc2[nH]1)c1nc2ccc(-c3ncccn3)cc2[nH]1. The van der Waals surface area contributed by atoms with Gasteiger partial charge in [0.15, 0.2) is 11.6 Å². The van der Waals surface area contributed by atoms with E-state index < -0.39 is 5.41 Å². The van der Waals surface area contributed by atoms with Gasteiger partial charge < -0.3 is 9.97 Å². The Morgan fingerprint density at radius 3 is 1.57 bits per heavy atom. The van der Waals surface area contributed by atoms with Crippen LogP contribution in [-0.4, -0.2) is 39.9 Å². The van der Waals surface area contributed by atoms with Crippen LogP contribution < -0.4 is 0 Å². The quantitative estimate of drug-likeness (QED) is 0.342. The molecule has 0 bridgehead atoms. The molecule has 0 aliphatic rings. The molecule has 172 valence electrons. The molecule has 0 amide bonds. The number of hydrogen-bond donors (Lipinski definition) is 2. The third-order valence-corrected chi connectivity index (χ3v) is 6.41. The first-order valence-corrected chi connectivity index (χ1v) is 11.7. The number of nitrogens with zero attached hydrogens (tertiary/aromatic N) is 6. The molecule has 0 aliphatic heterocycles. The molecular formula is C27H24N8. The van der Waals surface area contributed by atoms with Crippen molar-refractivity contribution in [2.24, 2.45) is 0 Å². The molecule has 35 heavy (non-hydrogen) atoms. The van der Waals surface area contributed by atoms with E-state index in [2.05, 4.69) is 55.9 Å². The van der Waals surface area contributed by atoms with Crippen LogP contribution in [0.5, 0.6) is 0 Å². The lowest BCUT2D eigenvalue weighted by Crippen LogP contribution is -2.26. The van der Waals surface area contributed by atoms with Gasteiger partial charge in [-0.15, -0.1) is 0 Å². The van der Waals surface area contributed by atoms with E-state index in [1.807, 2.05) is 36.4 Å². The zero-order chi connectivity index (χ0) is 23.8. The molecule has 0 aliphatic carbocycles. The standard InChI is InChI=1S/C27H24N8/c1-3-10-27(2,25-32-19-8-6-17(15-21(19)34-25)23-28-11-4-12-29-23)26-33-20-9-7-18(16-22(20)35-26)24-30-13-5-14-31-24/h4-9,11-16H,3,10H2,1-2H3,(H,32,34)(H,33,35). The van der Waals surface area contributed by atoms with E-state index in [9.17, 15) is 0 Å². The van der Waals surface area contributed by atoms with Crippen molar-refractivity contribution >= 4 is 22.1 Å². The molecular weight excluding hydrogens is 436 g/mol. The predicted octanol–water partition coefficient (Wildman–Crippen LogP) is 5.46. The molecule has 4 aromatic heterocycles. The highest BCUT2D eigenvalue weighted by atomic mass is 15.0.